The summed E-state index contributed by atoms with van der Waals surface area (Å²) in [5.41, 5.74) is -3.56. The van der Waals surface area contributed by atoms with Crippen molar-refractivity contribution in [3.63, 3.8) is 0 Å². The van der Waals surface area contributed by atoms with Crippen LogP contribution in [0.5, 0.6) is 5.75 Å². The molecule has 0 aliphatic carbocycles. The number of benzene rings is 1. The number of hydrogen-bond acceptors (Lipinski definition) is 3. The maximum absolute atomic E-state index is 13.1. The lowest BCUT2D eigenvalue weighted by Crippen LogP contribution is -2.15. The molecule has 0 amide bonds. The van der Waals surface area contributed by atoms with Gasteiger partial charge in [-0.05, 0) is 31.8 Å². The Hall–Kier alpha value is -0.950. The molecule has 0 aliphatic rings. The predicted molar refractivity (Wildman–Crippen MR) is 67.9 cm³/mol. The Bertz CT molecular complexity index is 411. The first-order valence-electron chi connectivity index (χ1n) is 5.63. The molecular weight excluding hydrogens is 282 g/mol. The van der Waals surface area contributed by atoms with Crippen molar-refractivity contribution in [3.05, 3.63) is 29.6 Å². The van der Waals surface area contributed by atoms with Crippen LogP contribution >= 0.6 is 11.8 Å². The molecule has 1 rings (SSSR count). The lowest BCUT2D eigenvalue weighted by Gasteiger charge is -2.16. The van der Waals surface area contributed by atoms with E-state index in [0.717, 1.165) is 0 Å². The van der Waals surface area contributed by atoms with Crippen molar-refractivity contribution in [3.8, 4) is 5.75 Å². The molecule has 1 aromatic carbocycles. The molecule has 1 unspecified atom stereocenters. The number of alkyl halides is 3. The second-order valence-electron chi connectivity index (χ2n) is 3.84. The first-order chi connectivity index (χ1) is 8.83. The molecule has 0 bridgehead atoms. The van der Waals surface area contributed by atoms with E-state index in [0.29, 0.717) is 5.56 Å². The zero-order chi connectivity index (χ0) is 14.5. The van der Waals surface area contributed by atoms with Crippen LogP contribution in [-0.4, -0.2) is 24.9 Å². The fourth-order valence-electron chi connectivity index (χ4n) is 1.46. The molecule has 0 aliphatic heterocycles. The van der Waals surface area contributed by atoms with Crippen molar-refractivity contribution in [1.82, 2.24) is 5.32 Å². The minimum absolute atomic E-state index is 0.0779. The third kappa shape index (κ3) is 5.69. The maximum atomic E-state index is 13.1. The second-order valence-corrected chi connectivity index (χ2v) is 5.00. The molecule has 0 spiro atoms. The van der Waals surface area contributed by atoms with Crippen LogP contribution in [0.25, 0.3) is 0 Å². The van der Waals surface area contributed by atoms with Gasteiger partial charge in [0.1, 0.15) is 11.6 Å². The van der Waals surface area contributed by atoms with E-state index in [4.69, 9.17) is 4.74 Å². The van der Waals surface area contributed by atoms with E-state index >= 15 is 0 Å². The second kappa shape index (κ2) is 7.00. The zero-order valence-corrected chi connectivity index (χ0v) is 11.4. The largest absolute Gasteiger partial charge is 0.492 e. The Morgan fingerprint density at radius 2 is 2.05 bits per heavy atom. The molecule has 0 fully saturated rings. The molecule has 0 heterocycles. The van der Waals surface area contributed by atoms with Crippen LogP contribution in [0.4, 0.5) is 17.6 Å². The van der Waals surface area contributed by atoms with Gasteiger partial charge < -0.3 is 10.1 Å². The fraction of sp³-hybridized carbons (Fsp3) is 0.500. The highest BCUT2D eigenvalue weighted by atomic mass is 32.2. The van der Waals surface area contributed by atoms with Gasteiger partial charge in [0.25, 0.3) is 0 Å². The molecule has 0 saturated heterocycles. The van der Waals surface area contributed by atoms with E-state index in [1.54, 1.807) is 13.1 Å². The molecule has 2 nitrogen and oxygen atoms in total. The molecule has 1 aromatic rings. The van der Waals surface area contributed by atoms with Gasteiger partial charge >= 0.3 is 5.51 Å². The van der Waals surface area contributed by atoms with E-state index in [1.807, 2.05) is 6.92 Å². The minimum atomic E-state index is -4.27. The standard InChI is InChI=1S/C12H15F4NOS/c1-8(17-2)10-4-3-9(13)7-11(10)18-5-6-19-12(14,15)16/h3-4,7-8,17H,5-6H2,1-2H3. The molecule has 7 heteroatoms. The highest BCUT2D eigenvalue weighted by molar-refractivity contribution is 8.00. The zero-order valence-electron chi connectivity index (χ0n) is 10.6. The summed E-state index contributed by atoms with van der Waals surface area (Å²) < 4.78 is 54.2. The van der Waals surface area contributed by atoms with Crippen molar-refractivity contribution in [2.75, 3.05) is 19.4 Å². The van der Waals surface area contributed by atoms with E-state index < -0.39 is 11.3 Å². The first-order valence-corrected chi connectivity index (χ1v) is 6.62. The van der Waals surface area contributed by atoms with Crippen LogP contribution in [-0.2, 0) is 0 Å². The molecular formula is C12H15F4NOS. The SMILES string of the molecule is CNC(C)c1ccc(F)cc1OCCSC(F)(F)F. The van der Waals surface area contributed by atoms with Gasteiger partial charge in [0.15, 0.2) is 0 Å². The topological polar surface area (TPSA) is 21.3 Å². The summed E-state index contributed by atoms with van der Waals surface area (Å²) in [7, 11) is 1.73. The number of halogens is 4. The molecule has 0 saturated carbocycles. The van der Waals surface area contributed by atoms with Crippen LogP contribution in [0.15, 0.2) is 18.2 Å². The summed E-state index contributed by atoms with van der Waals surface area (Å²) in [6.45, 7) is 1.72. The van der Waals surface area contributed by atoms with Crippen LogP contribution in [0.3, 0.4) is 0 Å². The summed E-state index contributed by atoms with van der Waals surface area (Å²) in [5, 5.41) is 2.97. The smallest absolute Gasteiger partial charge is 0.441 e. The Morgan fingerprint density at radius 1 is 1.37 bits per heavy atom. The van der Waals surface area contributed by atoms with Crippen molar-refractivity contribution in [1.29, 1.82) is 0 Å². The molecule has 1 N–H and O–H groups in total. The van der Waals surface area contributed by atoms with Gasteiger partial charge in [0.2, 0.25) is 0 Å². The Morgan fingerprint density at radius 3 is 2.63 bits per heavy atom. The summed E-state index contributed by atoms with van der Waals surface area (Å²) in [6, 6.07) is 3.95. The molecule has 108 valence electrons. The number of nitrogens with one attached hydrogen (secondary N) is 1. The van der Waals surface area contributed by atoms with Crippen molar-refractivity contribution < 1.29 is 22.3 Å². The highest BCUT2D eigenvalue weighted by Crippen LogP contribution is 2.30. The van der Waals surface area contributed by atoms with Crippen molar-refractivity contribution >= 4 is 11.8 Å². The Kier molecular flexibility index (Phi) is 5.93. The van der Waals surface area contributed by atoms with E-state index in [1.165, 1.54) is 12.1 Å². The molecule has 19 heavy (non-hydrogen) atoms. The van der Waals surface area contributed by atoms with Crippen LogP contribution in [0.2, 0.25) is 0 Å². The third-order valence-electron chi connectivity index (χ3n) is 2.48. The van der Waals surface area contributed by atoms with Crippen molar-refractivity contribution in [2.45, 2.75) is 18.5 Å². The van der Waals surface area contributed by atoms with E-state index in [-0.39, 0.29) is 35.9 Å². The maximum Gasteiger partial charge on any atom is 0.441 e. The van der Waals surface area contributed by atoms with Crippen LogP contribution < -0.4 is 10.1 Å². The average Bonchev–Trinajstić information content (AvgIpc) is 2.33. The highest BCUT2D eigenvalue weighted by Gasteiger charge is 2.27. The number of rotatable bonds is 6. The number of hydrogen-bond donors (Lipinski definition) is 1. The van der Waals surface area contributed by atoms with Gasteiger partial charge in [0.05, 0.1) is 6.61 Å². The first kappa shape index (κ1) is 16.1. The van der Waals surface area contributed by atoms with Crippen molar-refractivity contribution in [2.24, 2.45) is 0 Å². The summed E-state index contributed by atoms with van der Waals surface area (Å²) in [4.78, 5) is 0. The lowest BCUT2D eigenvalue weighted by molar-refractivity contribution is -0.0329. The average molecular weight is 297 g/mol. The summed E-state index contributed by atoms with van der Waals surface area (Å²) in [6.07, 6.45) is 0. The Balaban J connectivity index is 2.63. The molecule has 0 aromatic heterocycles. The van der Waals surface area contributed by atoms with Gasteiger partial charge in [-0.2, -0.15) is 13.2 Å². The Labute approximate surface area is 113 Å². The molecule has 0 radical (unpaired) electrons. The van der Waals surface area contributed by atoms with Gasteiger partial charge in [-0.25, -0.2) is 4.39 Å². The quantitative estimate of drug-likeness (QED) is 0.638. The summed E-state index contributed by atoms with van der Waals surface area (Å²) >= 11 is -0.157. The van der Waals surface area contributed by atoms with Gasteiger partial charge in [-0.15, -0.1) is 0 Å². The van der Waals surface area contributed by atoms with Gasteiger partial charge in [-0.1, -0.05) is 6.07 Å². The van der Waals surface area contributed by atoms with Crippen LogP contribution in [0, 0.1) is 5.82 Å². The van der Waals surface area contributed by atoms with Gasteiger partial charge in [0, 0.05) is 23.4 Å². The monoisotopic (exact) mass is 297 g/mol. The number of thioether (sulfide) groups is 1. The lowest BCUT2D eigenvalue weighted by atomic mass is 10.1. The summed E-state index contributed by atoms with van der Waals surface area (Å²) in [5.74, 6) is -0.442. The predicted octanol–water partition coefficient (Wildman–Crippen LogP) is 3.74. The molecule has 1 atom stereocenters. The van der Waals surface area contributed by atoms with Gasteiger partial charge in [-0.3, -0.25) is 0 Å². The van der Waals surface area contributed by atoms with E-state index in [2.05, 4.69) is 5.32 Å². The fourth-order valence-corrected chi connectivity index (χ4v) is 1.85. The minimum Gasteiger partial charge on any atom is -0.492 e. The third-order valence-corrected chi connectivity index (χ3v) is 3.18. The normalized spacial score (nSPS) is 13.4. The van der Waals surface area contributed by atoms with E-state index in [9.17, 15) is 17.6 Å². The number of ether oxygens (including phenoxy) is 1. The van der Waals surface area contributed by atoms with Crippen LogP contribution in [0.1, 0.15) is 18.5 Å².